The number of methoxy groups -OCH3 is 3. The fraction of sp³-hybridized carbons (Fsp3) is 0.667. The molecular formula is C39H53NO7. The number of piperidine rings is 1. The average Bonchev–Trinajstić information content (AvgIpc) is 3.56. The molecule has 0 N–H and O–H groups in total. The van der Waals surface area contributed by atoms with Crippen LogP contribution in [0.15, 0.2) is 60.7 Å². The van der Waals surface area contributed by atoms with E-state index in [1.54, 1.807) is 7.11 Å². The van der Waals surface area contributed by atoms with Crippen LogP contribution in [0.5, 0.6) is 0 Å². The molecule has 1 saturated heterocycles. The Bertz CT molecular complexity index is 1320. The van der Waals surface area contributed by atoms with Gasteiger partial charge in [-0.25, -0.2) is 0 Å². The normalized spacial score (nSPS) is 37.4. The van der Waals surface area contributed by atoms with Crippen LogP contribution in [-0.4, -0.2) is 83.0 Å². The van der Waals surface area contributed by atoms with Crippen LogP contribution < -0.4 is 0 Å². The summed E-state index contributed by atoms with van der Waals surface area (Å²) in [5, 5.41) is 0. The van der Waals surface area contributed by atoms with E-state index >= 15 is 0 Å². The first-order chi connectivity index (χ1) is 23.0. The Kier molecular flexibility index (Phi) is 9.66. The zero-order valence-electron chi connectivity index (χ0n) is 28.6. The van der Waals surface area contributed by atoms with Crippen molar-refractivity contribution in [3.63, 3.8) is 0 Å². The lowest BCUT2D eigenvalue weighted by Crippen LogP contribution is -2.78. The number of rotatable bonds is 15. The molecular weight excluding hydrogens is 594 g/mol. The van der Waals surface area contributed by atoms with Gasteiger partial charge in [0.25, 0.3) is 0 Å². The lowest BCUT2D eigenvalue weighted by molar-refractivity contribution is -0.305. The quantitative estimate of drug-likeness (QED) is 0.222. The summed E-state index contributed by atoms with van der Waals surface area (Å²) in [6.45, 7) is 5.88. The number of fused-ring (bicyclic) bond motifs is 2. The summed E-state index contributed by atoms with van der Waals surface area (Å²) >= 11 is 0. The minimum Gasteiger partial charge on any atom is -0.384 e. The monoisotopic (exact) mass is 647 g/mol. The largest absolute Gasteiger partial charge is 0.384 e. The maximum Gasteiger partial charge on any atom is 0.159 e. The highest BCUT2D eigenvalue weighted by atomic mass is 16.7. The number of likely N-dealkylation sites (tertiary alicyclic amines) is 1. The second kappa shape index (κ2) is 13.6. The molecule has 0 aromatic heterocycles. The van der Waals surface area contributed by atoms with E-state index in [2.05, 4.69) is 36.1 Å². The van der Waals surface area contributed by atoms with E-state index in [9.17, 15) is 4.79 Å². The van der Waals surface area contributed by atoms with Crippen LogP contribution in [0.1, 0.15) is 56.6 Å². The van der Waals surface area contributed by atoms with Gasteiger partial charge in [0.1, 0.15) is 12.6 Å². The fourth-order valence-corrected chi connectivity index (χ4v) is 11.9. The van der Waals surface area contributed by atoms with Crippen LogP contribution in [0.4, 0.5) is 0 Å². The van der Waals surface area contributed by atoms with Gasteiger partial charge in [-0.1, -0.05) is 67.6 Å². The number of benzene rings is 2. The molecule has 1 spiro atoms. The van der Waals surface area contributed by atoms with Gasteiger partial charge in [0.05, 0.1) is 32.0 Å². The number of nitrogens with zero attached hydrogens (tertiary/aromatic N) is 1. The van der Waals surface area contributed by atoms with E-state index in [-0.39, 0.29) is 53.6 Å². The Morgan fingerprint density at radius 3 is 2.19 bits per heavy atom. The zero-order valence-corrected chi connectivity index (χ0v) is 28.6. The van der Waals surface area contributed by atoms with E-state index in [0.29, 0.717) is 38.4 Å². The van der Waals surface area contributed by atoms with Crippen LogP contribution in [0.2, 0.25) is 0 Å². The highest BCUT2D eigenvalue weighted by Gasteiger charge is 2.84. The molecule has 4 saturated carbocycles. The standard InChI is InChI=1S/C39H53NO7/c1-5-40-24-37(25-42-2)19-18-32(44-4)39-29-16-17-30(41)34(29)38(36(39)40,20-31(35(37)39)47-26-43-3)21-33(45-22-27-12-8-6-9-13-27)46-23-28-14-10-7-11-15-28/h6-15,29,31-36H,5,16-26H2,1-4H3/t29-,31-,32+,34-,35-,36?,37+,38+,39+/m1/s1. The van der Waals surface area contributed by atoms with Gasteiger partial charge in [-0.05, 0) is 49.3 Å². The predicted molar refractivity (Wildman–Crippen MR) is 177 cm³/mol. The molecule has 0 amide bonds. The van der Waals surface area contributed by atoms with Crippen molar-refractivity contribution in [2.75, 3.05) is 47.8 Å². The lowest BCUT2D eigenvalue weighted by atomic mass is 9.41. The van der Waals surface area contributed by atoms with Gasteiger partial charge in [0.15, 0.2) is 6.29 Å². The number of hydrogen-bond donors (Lipinski definition) is 0. The van der Waals surface area contributed by atoms with Crippen LogP contribution in [0.3, 0.4) is 0 Å². The highest BCUT2D eigenvalue weighted by Crippen LogP contribution is 2.79. The Hall–Kier alpha value is -2.17. The van der Waals surface area contributed by atoms with Gasteiger partial charge < -0.3 is 28.4 Å². The van der Waals surface area contributed by atoms with Crippen LogP contribution >= 0.6 is 0 Å². The molecule has 256 valence electrons. The van der Waals surface area contributed by atoms with Crippen molar-refractivity contribution in [2.45, 2.75) is 83.2 Å². The van der Waals surface area contributed by atoms with Gasteiger partial charge in [-0.15, -0.1) is 0 Å². The van der Waals surface area contributed by atoms with Gasteiger partial charge in [0.2, 0.25) is 0 Å². The molecule has 1 aliphatic heterocycles. The number of Topliss-reactive ketones (excluding diaryl/α,β-unsaturated/α-hetero) is 1. The average molecular weight is 648 g/mol. The first-order valence-electron chi connectivity index (χ1n) is 17.7. The van der Waals surface area contributed by atoms with Gasteiger partial charge in [-0.2, -0.15) is 0 Å². The zero-order chi connectivity index (χ0) is 32.6. The molecule has 8 nitrogen and oxygen atoms in total. The molecule has 9 atom stereocenters. The van der Waals surface area contributed by atoms with E-state index in [4.69, 9.17) is 28.4 Å². The third kappa shape index (κ3) is 5.34. The summed E-state index contributed by atoms with van der Waals surface area (Å²) < 4.78 is 38.5. The molecule has 7 rings (SSSR count). The Balaban J connectivity index is 1.35. The van der Waals surface area contributed by atoms with Gasteiger partial charge in [-0.3, -0.25) is 9.69 Å². The first kappa shape index (κ1) is 33.3. The molecule has 5 fully saturated rings. The summed E-state index contributed by atoms with van der Waals surface area (Å²) in [5.74, 6) is 0.696. The Morgan fingerprint density at radius 2 is 1.60 bits per heavy atom. The molecule has 1 unspecified atom stereocenters. The van der Waals surface area contributed by atoms with Crippen molar-refractivity contribution in [3.8, 4) is 0 Å². The number of hydrogen-bond acceptors (Lipinski definition) is 8. The summed E-state index contributed by atoms with van der Waals surface area (Å²) in [5.41, 5.74) is 1.45. The molecule has 0 radical (unpaired) electrons. The highest BCUT2D eigenvalue weighted by molar-refractivity contribution is 5.85. The summed E-state index contributed by atoms with van der Waals surface area (Å²) in [6.07, 6.45) is 4.32. The molecule has 8 heteroatoms. The van der Waals surface area contributed by atoms with Crippen molar-refractivity contribution in [3.05, 3.63) is 71.8 Å². The third-order valence-corrected chi connectivity index (χ3v) is 12.9. The molecule has 1 heterocycles. The van der Waals surface area contributed by atoms with Crippen molar-refractivity contribution >= 4 is 5.78 Å². The lowest BCUT2D eigenvalue weighted by Gasteiger charge is -2.72. The molecule has 5 bridgehead atoms. The van der Waals surface area contributed by atoms with E-state index in [1.165, 1.54) is 0 Å². The maximum atomic E-state index is 14.4. The number of ether oxygens (including phenoxy) is 6. The minimum atomic E-state index is -0.506. The van der Waals surface area contributed by atoms with Crippen molar-refractivity contribution < 1.29 is 33.2 Å². The molecule has 4 aliphatic carbocycles. The fourth-order valence-electron chi connectivity index (χ4n) is 11.9. The third-order valence-electron chi connectivity index (χ3n) is 12.9. The summed E-state index contributed by atoms with van der Waals surface area (Å²) in [7, 11) is 5.41. The van der Waals surface area contributed by atoms with Crippen molar-refractivity contribution in [1.29, 1.82) is 0 Å². The number of carbonyl (C=O) groups is 1. The van der Waals surface area contributed by atoms with Gasteiger partial charge >= 0.3 is 0 Å². The second-order valence-electron chi connectivity index (χ2n) is 14.9. The van der Waals surface area contributed by atoms with E-state index in [1.807, 2.05) is 50.6 Å². The van der Waals surface area contributed by atoms with E-state index in [0.717, 1.165) is 49.9 Å². The Morgan fingerprint density at radius 1 is 0.915 bits per heavy atom. The van der Waals surface area contributed by atoms with Crippen LogP contribution in [-0.2, 0) is 46.4 Å². The van der Waals surface area contributed by atoms with Gasteiger partial charge in [0, 0.05) is 74.8 Å². The number of carbonyl (C=O) groups excluding carboxylic acids is 1. The molecule has 2 aromatic rings. The molecule has 47 heavy (non-hydrogen) atoms. The second-order valence-corrected chi connectivity index (χ2v) is 14.9. The van der Waals surface area contributed by atoms with E-state index < -0.39 is 11.7 Å². The number of ketones is 1. The molecule has 5 aliphatic rings. The van der Waals surface area contributed by atoms with Crippen molar-refractivity contribution in [1.82, 2.24) is 4.90 Å². The summed E-state index contributed by atoms with van der Waals surface area (Å²) in [6, 6.07) is 20.7. The van der Waals surface area contributed by atoms with Crippen LogP contribution in [0, 0.1) is 34.0 Å². The maximum absolute atomic E-state index is 14.4. The Labute approximate surface area is 280 Å². The SMILES string of the molecule is CCN1C[C@]2(COC)CC[C@H](OC)[C@]34C1[C@](CC(OCc1ccccc1)OCc1ccccc1)(C[C@@H](OCOC)[C@H]23)[C@H]1C(=O)CC[C@H]14. The topological polar surface area (TPSA) is 75.7 Å². The predicted octanol–water partition coefficient (Wildman–Crippen LogP) is 5.87. The summed E-state index contributed by atoms with van der Waals surface area (Å²) in [4.78, 5) is 17.1. The smallest absolute Gasteiger partial charge is 0.159 e. The van der Waals surface area contributed by atoms with Crippen LogP contribution in [0.25, 0.3) is 0 Å². The minimum absolute atomic E-state index is 0.0278. The first-order valence-corrected chi connectivity index (χ1v) is 17.7. The van der Waals surface area contributed by atoms with Crippen molar-refractivity contribution in [2.24, 2.45) is 34.0 Å². The molecule has 2 aromatic carbocycles.